The smallest absolute Gasteiger partial charge is 0.264 e. The molecule has 52 heavy (non-hydrogen) atoms. The van der Waals surface area contributed by atoms with Crippen molar-refractivity contribution in [2.75, 3.05) is 57.9 Å². The van der Waals surface area contributed by atoms with Crippen molar-refractivity contribution in [3.05, 3.63) is 58.1 Å². The number of anilines is 1. The van der Waals surface area contributed by atoms with E-state index in [-0.39, 0.29) is 23.3 Å². The number of aliphatic hydroxyl groups is 1. The van der Waals surface area contributed by atoms with Crippen LogP contribution in [0.25, 0.3) is 0 Å². The van der Waals surface area contributed by atoms with Gasteiger partial charge in [-0.05, 0) is 137 Å². The molecule has 1 saturated heterocycles. The molecular weight excluding hydrogens is 700 g/mol. The average Bonchev–Trinajstić information content (AvgIpc) is 3.13. The van der Waals surface area contributed by atoms with Crippen molar-refractivity contribution >= 4 is 33.2 Å². The number of hydrogen-bond donors (Lipinski definition) is 3. The molecule has 0 aromatic heterocycles. The van der Waals surface area contributed by atoms with Crippen LogP contribution < -0.4 is 19.7 Å². The number of amides is 1. The number of carbonyl (C=O) groups is 1. The summed E-state index contributed by atoms with van der Waals surface area (Å²) in [6.45, 7) is 9.48. The lowest BCUT2D eigenvalue weighted by atomic mass is 9.62. The van der Waals surface area contributed by atoms with Crippen molar-refractivity contribution in [3.63, 3.8) is 0 Å². The number of hydrogen-bond acceptors (Lipinski definition) is 9. The van der Waals surface area contributed by atoms with Gasteiger partial charge in [-0.15, -0.1) is 0 Å². The second-order valence-corrected chi connectivity index (χ2v) is 18.4. The van der Waals surface area contributed by atoms with Gasteiger partial charge in [0.05, 0.1) is 23.1 Å². The van der Waals surface area contributed by atoms with E-state index < -0.39 is 26.8 Å². The summed E-state index contributed by atoms with van der Waals surface area (Å²) in [6, 6.07) is 11.6. The number of methoxy groups -OCH3 is 1. The minimum atomic E-state index is -3.95. The number of β-amino-alcohol motifs (C(OH)–C–C–N with tert-alkyl or cyclic N) is 1. The monoisotopic (exact) mass is 758 g/mol. The summed E-state index contributed by atoms with van der Waals surface area (Å²) in [5.41, 5.74) is 2.44. The fraction of sp³-hybridized carbons (Fsp3) is 0.675. The molecule has 3 N–H and O–H groups in total. The number of sulfonamides is 1. The summed E-state index contributed by atoms with van der Waals surface area (Å²) in [5.74, 6) is 0.224. The van der Waals surface area contributed by atoms with Gasteiger partial charge in [0.25, 0.3) is 5.91 Å². The largest absolute Gasteiger partial charge is 0.487 e. The Balaban J connectivity index is 1.30. The molecule has 2 aromatic carbocycles. The number of ether oxygens (including phenoxy) is 2. The number of piperidine rings is 1. The third-order valence-corrected chi connectivity index (χ3v) is 14.6. The van der Waals surface area contributed by atoms with E-state index in [0.717, 1.165) is 95.3 Å². The first kappa shape index (κ1) is 39.3. The highest BCUT2D eigenvalue weighted by atomic mass is 35.5. The number of fused-ring (bicyclic) bond motifs is 3. The SMILES string of the molecule is COCCNC1CCN(C[C@]2(O)CCC[C@H](C)C(C)S(=O)(=O)NC(=O)c3ccc4c(c3)N(CCCCc3cc(Cl)ccc3CO4)C[C@@H]3CCC32)CC1. The number of rotatable bonds is 6. The molecule has 10 nitrogen and oxygen atoms in total. The Morgan fingerprint density at radius 2 is 1.83 bits per heavy atom. The molecule has 3 aliphatic heterocycles. The molecule has 288 valence electrons. The Morgan fingerprint density at radius 1 is 1.02 bits per heavy atom. The van der Waals surface area contributed by atoms with E-state index in [4.69, 9.17) is 21.1 Å². The van der Waals surface area contributed by atoms with Gasteiger partial charge >= 0.3 is 0 Å². The van der Waals surface area contributed by atoms with Crippen LogP contribution in [0, 0.1) is 17.8 Å². The molecule has 2 fully saturated rings. The zero-order valence-electron chi connectivity index (χ0n) is 31.2. The van der Waals surface area contributed by atoms with Crippen LogP contribution in [-0.4, -0.2) is 94.2 Å². The predicted molar refractivity (Wildman–Crippen MR) is 207 cm³/mol. The molecule has 1 saturated carbocycles. The van der Waals surface area contributed by atoms with Crippen molar-refractivity contribution in [2.24, 2.45) is 17.8 Å². The lowest BCUT2D eigenvalue weighted by Gasteiger charge is -2.51. The molecule has 5 atom stereocenters. The van der Waals surface area contributed by atoms with Crippen LogP contribution in [-0.2, 0) is 27.8 Å². The summed E-state index contributed by atoms with van der Waals surface area (Å²) in [6.07, 6.45) is 8.82. The molecule has 4 aliphatic rings. The highest BCUT2D eigenvalue weighted by Gasteiger charge is 2.48. The number of nitrogens with zero attached hydrogens (tertiary/aromatic N) is 2. The predicted octanol–water partition coefficient (Wildman–Crippen LogP) is 5.79. The molecule has 1 amide bonds. The Bertz CT molecular complexity index is 1640. The molecule has 0 radical (unpaired) electrons. The van der Waals surface area contributed by atoms with E-state index in [0.29, 0.717) is 49.4 Å². The minimum Gasteiger partial charge on any atom is -0.487 e. The zero-order chi connectivity index (χ0) is 36.9. The van der Waals surface area contributed by atoms with Crippen LogP contribution in [0.5, 0.6) is 5.75 Å². The van der Waals surface area contributed by atoms with E-state index in [2.05, 4.69) is 19.8 Å². The van der Waals surface area contributed by atoms with Gasteiger partial charge < -0.3 is 29.7 Å². The van der Waals surface area contributed by atoms with Gasteiger partial charge in [0.2, 0.25) is 10.0 Å². The van der Waals surface area contributed by atoms with Crippen LogP contribution in [0.4, 0.5) is 5.69 Å². The topological polar surface area (TPSA) is 120 Å². The first-order valence-corrected chi connectivity index (χ1v) is 21.4. The first-order chi connectivity index (χ1) is 25.0. The number of nitrogens with one attached hydrogen (secondary N) is 2. The number of halogens is 1. The summed E-state index contributed by atoms with van der Waals surface area (Å²) < 4.78 is 41.2. The molecule has 0 spiro atoms. The first-order valence-electron chi connectivity index (χ1n) is 19.5. The van der Waals surface area contributed by atoms with Gasteiger partial charge in [0.15, 0.2) is 0 Å². The van der Waals surface area contributed by atoms with Crippen molar-refractivity contribution in [1.29, 1.82) is 0 Å². The van der Waals surface area contributed by atoms with Crippen LogP contribution in [0.2, 0.25) is 5.02 Å². The van der Waals surface area contributed by atoms with E-state index in [9.17, 15) is 18.3 Å². The lowest BCUT2D eigenvalue weighted by molar-refractivity contribution is -0.108. The van der Waals surface area contributed by atoms with Crippen LogP contribution in [0.3, 0.4) is 0 Å². The Hall–Kier alpha value is -2.41. The maximum atomic E-state index is 13.6. The average molecular weight is 759 g/mol. The molecule has 3 heterocycles. The minimum absolute atomic E-state index is 0.120. The Morgan fingerprint density at radius 3 is 2.58 bits per heavy atom. The normalized spacial score (nSPS) is 29.4. The van der Waals surface area contributed by atoms with Crippen molar-refractivity contribution < 1.29 is 27.8 Å². The number of aryl methyl sites for hydroxylation is 1. The number of likely N-dealkylation sites (tertiary alicyclic amines) is 1. The van der Waals surface area contributed by atoms with E-state index in [1.807, 2.05) is 25.1 Å². The lowest BCUT2D eigenvalue weighted by Crippen LogP contribution is -2.57. The van der Waals surface area contributed by atoms with Gasteiger partial charge in [-0.25, -0.2) is 13.1 Å². The summed E-state index contributed by atoms with van der Waals surface area (Å²) >= 11 is 6.39. The highest BCUT2D eigenvalue weighted by Crippen LogP contribution is 2.46. The highest BCUT2D eigenvalue weighted by molar-refractivity contribution is 7.90. The van der Waals surface area contributed by atoms with E-state index >= 15 is 0 Å². The fourth-order valence-corrected chi connectivity index (χ4v) is 10.3. The molecule has 2 bridgehead atoms. The quantitative estimate of drug-likeness (QED) is 0.315. The van der Waals surface area contributed by atoms with Gasteiger partial charge in [0.1, 0.15) is 12.4 Å². The van der Waals surface area contributed by atoms with E-state index in [1.54, 1.807) is 32.2 Å². The zero-order valence-corrected chi connectivity index (χ0v) is 32.8. The number of carbonyl (C=O) groups excluding carboxylic acids is 1. The van der Waals surface area contributed by atoms with Gasteiger partial charge in [-0.3, -0.25) is 4.79 Å². The van der Waals surface area contributed by atoms with Crippen molar-refractivity contribution in [2.45, 2.75) is 102 Å². The molecule has 6 rings (SSSR count). The van der Waals surface area contributed by atoms with E-state index in [1.165, 1.54) is 5.56 Å². The molecule has 2 unspecified atom stereocenters. The van der Waals surface area contributed by atoms with Crippen LogP contribution >= 0.6 is 11.6 Å². The maximum absolute atomic E-state index is 13.6. The fourth-order valence-electron chi connectivity index (χ4n) is 8.84. The third kappa shape index (κ3) is 9.44. The summed E-state index contributed by atoms with van der Waals surface area (Å²) in [5, 5.41) is 16.3. The second kappa shape index (κ2) is 17.4. The number of benzene rings is 2. The molecule has 2 aromatic rings. The Labute approximate surface area is 316 Å². The van der Waals surface area contributed by atoms with Gasteiger partial charge in [-0.2, -0.15) is 0 Å². The summed E-state index contributed by atoms with van der Waals surface area (Å²) in [4.78, 5) is 18.3. The standard InChI is InChI=1S/C40H59ClN4O6S/c1-28-7-6-17-40(47,27-44-20-15-35(16-21-44)42-18-22-50-3)36-13-10-32(36)25-45-19-5-4-8-30-23-34(41)12-9-33(30)26-51-38-14-11-31(24-37(38)45)39(46)43-52(48,49)29(28)2/h9,11-12,14,23-24,28-29,32,35-36,42,47H,4-8,10,13,15-22,25-27H2,1-3H3,(H,43,46)/t28-,29?,32-,36?,40+/m0/s1. The molecule has 12 heteroatoms. The van der Waals surface area contributed by atoms with Crippen molar-refractivity contribution in [1.82, 2.24) is 14.9 Å². The molecule has 1 aliphatic carbocycles. The Kier molecular flexibility index (Phi) is 13.1. The van der Waals surface area contributed by atoms with Gasteiger partial charge in [-0.1, -0.05) is 31.0 Å². The van der Waals surface area contributed by atoms with Crippen LogP contribution in [0.1, 0.15) is 93.1 Å². The van der Waals surface area contributed by atoms with Gasteiger partial charge in [0, 0.05) is 49.9 Å². The molecular formula is C40H59ClN4O6S. The van der Waals surface area contributed by atoms with Crippen LogP contribution in [0.15, 0.2) is 36.4 Å². The summed E-state index contributed by atoms with van der Waals surface area (Å²) in [7, 11) is -2.22. The van der Waals surface area contributed by atoms with Crippen molar-refractivity contribution in [3.8, 4) is 5.75 Å². The maximum Gasteiger partial charge on any atom is 0.264 e. The third-order valence-electron chi connectivity index (χ3n) is 12.4. The second-order valence-electron chi connectivity index (χ2n) is 15.9.